The number of nitrogens with one attached hydrogen (secondary N) is 1. The van der Waals surface area contributed by atoms with Gasteiger partial charge >= 0.3 is 0 Å². The van der Waals surface area contributed by atoms with E-state index >= 15 is 0 Å². The van der Waals surface area contributed by atoms with E-state index < -0.39 is 0 Å². The minimum Gasteiger partial charge on any atom is -0.384 e. The zero-order valence-electron chi connectivity index (χ0n) is 8.29. The Morgan fingerprint density at radius 3 is 3.23 bits per heavy atom. The molecule has 3 N–H and O–H groups in total. The van der Waals surface area contributed by atoms with E-state index in [4.69, 9.17) is 5.84 Å². The van der Waals surface area contributed by atoms with Crippen molar-refractivity contribution >= 4 is 0 Å². The van der Waals surface area contributed by atoms with Crippen LogP contribution in [-0.2, 0) is 0 Å². The van der Waals surface area contributed by atoms with Crippen molar-refractivity contribution in [2.24, 2.45) is 5.84 Å². The maximum atomic E-state index is 5.79. The molecule has 0 amide bonds. The number of rotatable bonds is 4. The number of nitrogens with zero attached hydrogens (tertiary/aromatic N) is 1. The Kier molecular flexibility index (Phi) is 3.99. The van der Waals surface area contributed by atoms with Gasteiger partial charge in [-0.1, -0.05) is 31.6 Å². The first-order valence-corrected chi connectivity index (χ1v) is 4.82. The maximum absolute atomic E-state index is 5.79. The Morgan fingerprint density at radius 1 is 1.85 bits per heavy atom. The Labute approximate surface area is 80.3 Å². The van der Waals surface area contributed by atoms with E-state index in [1.165, 1.54) is 12.0 Å². The van der Waals surface area contributed by atoms with Gasteiger partial charge in [-0.05, 0) is 12.6 Å². The molecule has 74 valence electrons. The highest BCUT2D eigenvalue weighted by atomic mass is 15.4. The van der Waals surface area contributed by atoms with Crippen LogP contribution in [0.25, 0.3) is 0 Å². The molecule has 13 heavy (non-hydrogen) atoms. The zero-order chi connectivity index (χ0) is 9.68. The van der Waals surface area contributed by atoms with Crippen molar-refractivity contribution in [2.75, 3.05) is 13.1 Å². The van der Waals surface area contributed by atoms with Crippen LogP contribution in [0.4, 0.5) is 0 Å². The first kappa shape index (κ1) is 10.3. The van der Waals surface area contributed by atoms with Gasteiger partial charge in [0.2, 0.25) is 0 Å². The van der Waals surface area contributed by atoms with E-state index in [-0.39, 0.29) is 0 Å². The van der Waals surface area contributed by atoms with Gasteiger partial charge in [0.1, 0.15) is 0 Å². The second-order valence-electron chi connectivity index (χ2n) is 3.48. The fourth-order valence-corrected chi connectivity index (χ4v) is 1.70. The Hall–Kier alpha value is -0.800. The number of hydrazine groups is 1. The van der Waals surface area contributed by atoms with Gasteiger partial charge in [-0.15, -0.1) is 0 Å². The summed E-state index contributed by atoms with van der Waals surface area (Å²) >= 11 is 0. The first-order valence-electron chi connectivity index (χ1n) is 4.82. The third kappa shape index (κ3) is 3.20. The van der Waals surface area contributed by atoms with E-state index in [1.54, 1.807) is 6.20 Å². The van der Waals surface area contributed by atoms with Crippen LogP contribution >= 0.6 is 0 Å². The topological polar surface area (TPSA) is 41.3 Å². The molecule has 1 aliphatic rings. The summed E-state index contributed by atoms with van der Waals surface area (Å²) in [5.41, 5.74) is 1.43. The quantitative estimate of drug-likeness (QED) is 0.502. The molecule has 0 aromatic rings. The van der Waals surface area contributed by atoms with Gasteiger partial charge in [-0.25, -0.2) is 5.01 Å². The summed E-state index contributed by atoms with van der Waals surface area (Å²) in [5.74, 6) is 5.79. The summed E-state index contributed by atoms with van der Waals surface area (Å²) in [4.78, 5) is 0. The second kappa shape index (κ2) is 5.04. The van der Waals surface area contributed by atoms with Crippen LogP contribution in [0.15, 0.2) is 24.4 Å². The minimum absolute atomic E-state index is 0.331. The standard InChI is InChI=1S/C10H19N3/c1-3-5-9-6-10(12-4-2)8-13(11)7-9/h4,6,10,12H,2-3,5,7-8,11H2,1H3. The molecular formula is C10H19N3. The van der Waals surface area contributed by atoms with Gasteiger partial charge < -0.3 is 5.32 Å². The predicted molar refractivity (Wildman–Crippen MR) is 55.9 cm³/mol. The highest BCUT2D eigenvalue weighted by Crippen LogP contribution is 2.12. The van der Waals surface area contributed by atoms with Crippen molar-refractivity contribution in [1.29, 1.82) is 0 Å². The normalized spacial score (nSPS) is 23.8. The maximum Gasteiger partial charge on any atom is 0.0583 e. The van der Waals surface area contributed by atoms with E-state index in [2.05, 4.69) is 24.9 Å². The summed E-state index contributed by atoms with van der Waals surface area (Å²) in [6, 6.07) is 0.331. The highest BCUT2D eigenvalue weighted by molar-refractivity contribution is 5.13. The lowest BCUT2D eigenvalue weighted by Crippen LogP contribution is -2.46. The fraction of sp³-hybridized carbons (Fsp3) is 0.600. The Balaban J connectivity index is 2.55. The SMILES string of the molecule is C=CNC1C=C(CCC)CN(N)C1. The van der Waals surface area contributed by atoms with Crippen LogP contribution in [0.3, 0.4) is 0 Å². The molecule has 1 heterocycles. The van der Waals surface area contributed by atoms with Crippen molar-refractivity contribution in [2.45, 2.75) is 25.8 Å². The smallest absolute Gasteiger partial charge is 0.0583 e. The molecule has 3 heteroatoms. The van der Waals surface area contributed by atoms with Crippen LogP contribution in [-0.4, -0.2) is 24.1 Å². The van der Waals surface area contributed by atoms with Crippen LogP contribution in [0.2, 0.25) is 0 Å². The van der Waals surface area contributed by atoms with Crippen LogP contribution in [0.5, 0.6) is 0 Å². The molecule has 0 fully saturated rings. The molecular weight excluding hydrogens is 162 g/mol. The Bertz CT molecular complexity index is 198. The lowest BCUT2D eigenvalue weighted by atomic mass is 10.0. The van der Waals surface area contributed by atoms with Gasteiger partial charge in [0.15, 0.2) is 0 Å². The van der Waals surface area contributed by atoms with Gasteiger partial charge in [0.05, 0.1) is 6.04 Å². The summed E-state index contributed by atoms with van der Waals surface area (Å²) in [6.45, 7) is 7.60. The largest absolute Gasteiger partial charge is 0.384 e. The van der Waals surface area contributed by atoms with Crippen molar-refractivity contribution in [1.82, 2.24) is 10.3 Å². The number of nitrogens with two attached hydrogens (primary N) is 1. The predicted octanol–water partition coefficient (Wildman–Crippen LogP) is 1.00. The molecule has 0 saturated carbocycles. The fourth-order valence-electron chi connectivity index (χ4n) is 1.70. The van der Waals surface area contributed by atoms with Crippen LogP contribution in [0.1, 0.15) is 19.8 Å². The van der Waals surface area contributed by atoms with E-state index in [9.17, 15) is 0 Å². The summed E-state index contributed by atoms with van der Waals surface area (Å²) in [5, 5.41) is 5.02. The molecule has 0 radical (unpaired) electrons. The highest BCUT2D eigenvalue weighted by Gasteiger charge is 2.15. The van der Waals surface area contributed by atoms with Crippen molar-refractivity contribution < 1.29 is 0 Å². The van der Waals surface area contributed by atoms with Gasteiger partial charge in [-0.2, -0.15) is 0 Å². The molecule has 0 bridgehead atoms. The molecule has 1 rings (SSSR count). The van der Waals surface area contributed by atoms with Crippen molar-refractivity contribution in [3.8, 4) is 0 Å². The van der Waals surface area contributed by atoms with Crippen molar-refractivity contribution in [3.63, 3.8) is 0 Å². The summed E-state index contributed by atoms with van der Waals surface area (Å²) < 4.78 is 0. The van der Waals surface area contributed by atoms with E-state index in [0.717, 1.165) is 19.5 Å². The van der Waals surface area contributed by atoms with Gasteiger partial charge in [-0.3, -0.25) is 5.84 Å². The first-order chi connectivity index (χ1) is 6.26. The average Bonchev–Trinajstić information content (AvgIpc) is 2.04. The van der Waals surface area contributed by atoms with Crippen LogP contribution in [0, 0.1) is 0 Å². The summed E-state index contributed by atoms with van der Waals surface area (Å²) in [6.07, 6.45) is 6.32. The van der Waals surface area contributed by atoms with Gasteiger partial charge in [0, 0.05) is 13.1 Å². The van der Waals surface area contributed by atoms with E-state index in [0.29, 0.717) is 6.04 Å². The Morgan fingerprint density at radius 2 is 2.62 bits per heavy atom. The third-order valence-corrected chi connectivity index (χ3v) is 2.18. The average molecular weight is 181 g/mol. The molecule has 0 aliphatic carbocycles. The molecule has 1 atom stereocenters. The monoisotopic (exact) mass is 181 g/mol. The lowest BCUT2D eigenvalue weighted by molar-refractivity contribution is 0.272. The minimum atomic E-state index is 0.331. The molecule has 0 aromatic carbocycles. The van der Waals surface area contributed by atoms with Gasteiger partial charge in [0.25, 0.3) is 0 Å². The van der Waals surface area contributed by atoms with Crippen molar-refractivity contribution in [3.05, 3.63) is 24.4 Å². The molecule has 1 aliphatic heterocycles. The number of hydrogen-bond donors (Lipinski definition) is 2. The zero-order valence-corrected chi connectivity index (χ0v) is 8.29. The molecule has 0 saturated heterocycles. The molecule has 1 unspecified atom stereocenters. The number of hydrogen-bond acceptors (Lipinski definition) is 3. The second-order valence-corrected chi connectivity index (χ2v) is 3.48. The van der Waals surface area contributed by atoms with E-state index in [1.807, 2.05) is 5.01 Å². The molecule has 3 nitrogen and oxygen atoms in total. The lowest BCUT2D eigenvalue weighted by Gasteiger charge is -2.28. The third-order valence-electron chi connectivity index (χ3n) is 2.18. The summed E-state index contributed by atoms with van der Waals surface area (Å²) in [7, 11) is 0. The molecule has 0 spiro atoms. The molecule has 0 aromatic heterocycles. The van der Waals surface area contributed by atoms with Crippen LogP contribution < -0.4 is 11.2 Å².